The van der Waals surface area contributed by atoms with E-state index in [2.05, 4.69) is 31.3 Å². The van der Waals surface area contributed by atoms with Crippen molar-refractivity contribution in [3.63, 3.8) is 0 Å². The van der Waals surface area contributed by atoms with Crippen molar-refractivity contribution < 1.29 is 4.79 Å². The Balaban J connectivity index is 1.86. The number of nitrogens with zero attached hydrogens (tertiary/aromatic N) is 1. The monoisotopic (exact) mass is 300 g/mol. The van der Waals surface area contributed by atoms with E-state index < -0.39 is 0 Å². The lowest BCUT2D eigenvalue weighted by molar-refractivity contribution is 0.0954. The molecule has 0 atom stereocenters. The van der Waals surface area contributed by atoms with Gasteiger partial charge in [0.25, 0.3) is 5.91 Å². The molecule has 1 aromatic rings. The first-order valence-corrected chi connectivity index (χ1v) is 8.56. The molecular formula is C19H28N2O. The minimum Gasteiger partial charge on any atom is -0.267 e. The van der Waals surface area contributed by atoms with Gasteiger partial charge in [-0.15, -0.1) is 0 Å². The molecule has 1 N–H and O–H groups in total. The average Bonchev–Trinajstić information content (AvgIpc) is 2.54. The van der Waals surface area contributed by atoms with Crippen molar-refractivity contribution in [2.24, 2.45) is 11.0 Å². The molecule has 3 heteroatoms. The number of hydrogen-bond acceptors (Lipinski definition) is 2. The zero-order valence-corrected chi connectivity index (χ0v) is 14.1. The van der Waals surface area contributed by atoms with E-state index in [-0.39, 0.29) is 5.91 Å². The average molecular weight is 300 g/mol. The maximum absolute atomic E-state index is 12.1. The minimum absolute atomic E-state index is 0.113. The molecule has 2 rings (SSSR count). The Morgan fingerprint density at radius 3 is 2.41 bits per heavy atom. The SMILES string of the molecule is CCCC1CCC(=NNC(=O)c2ccc(C(C)C)cc2)CC1. The molecule has 1 aromatic carbocycles. The van der Waals surface area contributed by atoms with Crippen molar-refractivity contribution in [3.8, 4) is 0 Å². The van der Waals surface area contributed by atoms with E-state index in [9.17, 15) is 4.79 Å². The summed E-state index contributed by atoms with van der Waals surface area (Å²) in [5.74, 6) is 1.22. The topological polar surface area (TPSA) is 41.5 Å². The van der Waals surface area contributed by atoms with Crippen LogP contribution in [0.2, 0.25) is 0 Å². The van der Waals surface area contributed by atoms with Crippen LogP contribution in [0.1, 0.15) is 81.1 Å². The maximum atomic E-state index is 12.1. The number of amides is 1. The third-order valence-electron chi connectivity index (χ3n) is 4.53. The fraction of sp³-hybridized carbons (Fsp3) is 0.579. The molecule has 0 bridgehead atoms. The summed E-state index contributed by atoms with van der Waals surface area (Å²) >= 11 is 0. The number of rotatable bonds is 5. The Morgan fingerprint density at radius 2 is 1.86 bits per heavy atom. The van der Waals surface area contributed by atoms with E-state index >= 15 is 0 Å². The maximum Gasteiger partial charge on any atom is 0.271 e. The first-order valence-electron chi connectivity index (χ1n) is 8.56. The summed E-state index contributed by atoms with van der Waals surface area (Å²) in [6, 6.07) is 7.79. The molecule has 1 amide bonds. The first kappa shape index (κ1) is 16.7. The van der Waals surface area contributed by atoms with Gasteiger partial charge in [0.1, 0.15) is 0 Å². The molecule has 120 valence electrons. The molecule has 22 heavy (non-hydrogen) atoms. The molecule has 1 aliphatic carbocycles. The molecule has 0 aromatic heterocycles. The highest BCUT2D eigenvalue weighted by Crippen LogP contribution is 2.25. The van der Waals surface area contributed by atoms with Crippen LogP contribution in [0, 0.1) is 5.92 Å². The van der Waals surface area contributed by atoms with Gasteiger partial charge in [0.2, 0.25) is 0 Å². The van der Waals surface area contributed by atoms with E-state index in [1.165, 1.54) is 31.2 Å². The third-order valence-corrected chi connectivity index (χ3v) is 4.53. The lowest BCUT2D eigenvalue weighted by Gasteiger charge is -2.22. The molecule has 1 fully saturated rings. The normalized spacial score (nSPS) is 18.4. The lowest BCUT2D eigenvalue weighted by atomic mass is 9.85. The molecule has 0 heterocycles. The van der Waals surface area contributed by atoms with Crippen molar-refractivity contribution in [3.05, 3.63) is 35.4 Å². The Morgan fingerprint density at radius 1 is 1.23 bits per heavy atom. The summed E-state index contributed by atoms with van der Waals surface area (Å²) in [6.45, 7) is 6.54. The molecule has 0 radical (unpaired) electrons. The highest BCUT2D eigenvalue weighted by atomic mass is 16.2. The summed E-state index contributed by atoms with van der Waals surface area (Å²) < 4.78 is 0. The molecular weight excluding hydrogens is 272 g/mol. The molecule has 0 aliphatic heterocycles. The van der Waals surface area contributed by atoms with Gasteiger partial charge in [0, 0.05) is 11.3 Å². The van der Waals surface area contributed by atoms with Gasteiger partial charge < -0.3 is 0 Å². The largest absolute Gasteiger partial charge is 0.271 e. The van der Waals surface area contributed by atoms with Crippen LogP contribution < -0.4 is 5.43 Å². The summed E-state index contributed by atoms with van der Waals surface area (Å²) in [7, 11) is 0. The van der Waals surface area contributed by atoms with E-state index in [1.807, 2.05) is 24.3 Å². The van der Waals surface area contributed by atoms with Gasteiger partial charge in [-0.2, -0.15) is 5.10 Å². The second-order valence-electron chi connectivity index (χ2n) is 6.63. The predicted octanol–water partition coefficient (Wildman–Crippen LogP) is 4.89. The van der Waals surface area contributed by atoms with E-state index in [1.54, 1.807) is 0 Å². The molecule has 3 nitrogen and oxygen atoms in total. The van der Waals surface area contributed by atoms with Gasteiger partial charge in [-0.25, -0.2) is 5.43 Å². The summed E-state index contributed by atoms with van der Waals surface area (Å²) in [5.41, 5.74) is 5.77. The first-order chi connectivity index (χ1) is 10.6. The highest BCUT2D eigenvalue weighted by Gasteiger charge is 2.17. The fourth-order valence-corrected chi connectivity index (χ4v) is 3.03. The summed E-state index contributed by atoms with van der Waals surface area (Å²) in [5, 5.41) is 4.33. The third kappa shape index (κ3) is 4.69. The second kappa shape index (κ2) is 8.11. The smallest absolute Gasteiger partial charge is 0.267 e. The minimum atomic E-state index is -0.113. The second-order valence-corrected chi connectivity index (χ2v) is 6.63. The van der Waals surface area contributed by atoms with Crippen LogP contribution >= 0.6 is 0 Å². The van der Waals surface area contributed by atoms with E-state index in [0.29, 0.717) is 11.5 Å². The molecule has 1 saturated carbocycles. The molecule has 0 saturated heterocycles. The van der Waals surface area contributed by atoms with Crippen LogP contribution in [0.25, 0.3) is 0 Å². The van der Waals surface area contributed by atoms with Crippen molar-refractivity contribution in [1.29, 1.82) is 0 Å². The molecule has 1 aliphatic rings. The number of carbonyl (C=O) groups excluding carboxylic acids is 1. The van der Waals surface area contributed by atoms with Gasteiger partial charge in [0.05, 0.1) is 0 Å². The van der Waals surface area contributed by atoms with Gasteiger partial charge in [0.15, 0.2) is 0 Å². The van der Waals surface area contributed by atoms with Crippen LogP contribution in [0.3, 0.4) is 0 Å². The van der Waals surface area contributed by atoms with Gasteiger partial charge in [-0.3, -0.25) is 4.79 Å². The quantitative estimate of drug-likeness (QED) is 0.773. The number of benzene rings is 1. The zero-order chi connectivity index (χ0) is 15.9. The molecule has 0 unspecified atom stereocenters. The van der Waals surface area contributed by atoms with Crippen molar-refractivity contribution in [1.82, 2.24) is 5.43 Å². The summed E-state index contributed by atoms with van der Waals surface area (Å²) in [6.07, 6.45) is 7.06. The molecule has 0 spiro atoms. The Kier molecular flexibility index (Phi) is 6.17. The lowest BCUT2D eigenvalue weighted by Crippen LogP contribution is -2.22. The Bertz CT molecular complexity index is 507. The predicted molar refractivity (Wildman–Crippen MR) is 92.3 cm³/mol. The van der Waals surface area contributed by atoms with E-state index in [0.717, 1.165) is 24.5 Å². The van der Waals surface area contributed by atoms with Gasteiger partial charge in [-0.1, -0.05) is 45.7 Å². The van der Waals surface area contributed by atoms with E-state index in [4.69, 9.17) is 0 Å². The van der Waals surface area contributed by atoms with Crippen molar-refractivity contribution in [2.45, 2.75) is 65.2 Å². The van der Waals surface area contributed by atoms with Gasteiger partial charge in [-0.05, 0) is 55.2 Å². The number of hydrogen-bond donors (Lipinski definition) is 1. The van der Waals surface area contributed by atoms with Crippen LogP contribution in [-0.2, 0) is 0 Å². The van der Waals surface area contributed by atoms with Gasteiger partial charge >= 0.3 is 0 Å². The Hall–Kier alpha value is -1.64. The van der Waals surface area contributed by atoms with Crippen molar-refractivity contribution >= 4 is 11.6 Å². The van der Waals surface area contributed by atoms with Crippen LogP contribution in [0.5, 0.6) is 0 Å². The number of nitrogens with one attached hydrogen (secondary N) is 1. The number of hydrazone groups is 1. The van der Waals surface area contributed by atoms with Crippen LogP contribution in [0.4, 0.5) is 0 Å². The van der Waals surface area contributed by atoms with Crippen molar-refractivity contribution in [2.75, 3.05) is 0 Å². The van der Waals surface area contributed by atoms with Crippen LogP contribution in [0.15, 0.2) is 29.4 Å². The zero-order valence-electron chi connectivity index (χ0n) is 14.1. The highest BCUT2D eigenvalue weighted by molar-refractivity contribution is 5.95. The Labute approximate surface area is 134 Å². The summed E-state index contributed by atoms with van der Waals surface area (Å²) in [4.78, 5) is 12.1. The van der Waals surface area contributed by atoms with Crippen LogP contribution in [-0.4, -0.2) is 11.6 Å². The number of carbonyl (C=O) groups is 1. The standard InChI is InChI=1S/C19H28N2O/c1-4-5-15-6-12-18(13-7-15)20-21-19(22)17-10-8-16(9-11-17)14(2)3/h8-11,14-15H,4-7,12-13H2,1-3H3,(H,21,22). The fourth-order valence-electron chi connectivity index (χ4n) is 3.03.